The molecule has 28 heavy (non-hydrogen) atoms. The van der Waals surface area contributed by atoms with E-state index in [-0.39, 0.29) is 11.6 Å². The van der Waals surface area contributed by atoms with Crippen LogP contribution in [0.4, 0.5) is 13.9 Å². The van der Waals surface area contributed by atoms with Crippen LogP contribution >= 0.6 is 11.3 Å². The van der Waals surface area contributed by atoms with Gasteiger partial charge in [0.25, 0.3) is 5.56 Å². The Morgan fingerprint density at radius 3 is 2.61 bits per heavy atom. The molecule has 1 saturated heterocycles. The number of halogens is 2. The predicted molar refractivity (Wildman–Crippen MR) is 105 cm³/mol. The van der Waals surface area contributed by atoms with E-state index in [1.54, 1.807) is 0 Å². The number of fused-ring (bicyclic) bond motifs is 1. The minimum absolute atomic E-state index is 0.144. The van der Waals surface area contributed by atoms with Crippen molar-refractivity contribution in [3.8, 4) is 0 Å². The molecular weight excluding hydrogens is 384 g/mol. The second-order valence-corrected chi connectivity index (χ2v) is 7.82. The Kier molecular flexibility index (Phi) is 5.11. The van der Waals surface area contributed by atoms with Gasteiger partial charge >= 0.3 is 0 Å². The molecule has 1 unspecified atom stereocenters. The lowest BCUT2D eigenvalue weighted by atomic mass is 10.1. The van der Waals surface area contributed by atoms with Crippen molar-refractivity contribution in [1.82, 2.24) is 19.5 Å². The summed E-state index contributed by atoms with van der Waals surface area (Å²) < 4.78 is 28.6. The molecule has 9 heteroatoms. The predicted octanol–water partition coefficient (Wildman–Crippen LogP) is 2.87. The highest BCUT2D eigenvalue weighted by Crippen LogP contribution is 2.27. The number of piperazine rings is 1. The van der Waals surface area contributed by atoms with Crippen LogP contribution in [0.1, 0.15) is 31.1 Å². The zero-order valence-corrected chi connectivity index (χ0v) is 16.5. The summed E-state index contributed by atoms with van der Waals surface area (Å²) in [6, 6.07) is 5.11. The molecule has 0 amide bonds. The van der Waals surface area contributed by atoms with E-state index in [1.807, 2.05) is 13.8 Å². The van der Waals surface area contributed by atoms with Gasteiger partial charge in [-0.15, -0.1) is 5.10 Å². The zero-order valence-electron chi connectivity index (χ0n) is 15.7. The molecular formula is C19H21F2N5OS. The number of benzene rings is 1. The molecule has 6 nitrogen and oxygen atoms in total. The molecule has 1 aliphatic heterocycles. The van der Waals surface area contributed by atoms with E-state index in [0.717, 1.165) is 30.0 Å². The normalized spacial score (nSPS) is 16.6. The first kappa shape index (κ1) is 18.9. The number of aromatic nitrogens is 3. The molecule has 148 valence electrons. The van der Waals surface area contributed by atoms with Crippen LogP contribution in [0.5, 0.6) is 0 Å². The van der Waals surface area contributed by atoms with E-state index in [2.05, 4.69) is 19.9 Å². The largest absolute Gasteiger partial charge is 0.344 e. The molecule has 2 aromatic heterocycles. The van der Waals surface area contributed by atoms with Gasteiger partial charge in [0.05, 0.1) is 0 Å². The van der Waals surface area contributed by atoms with Crippen LogP contribution in [-0.2, 0) is 6.42 Å². The van der Waals surface area contributed by atoms with Crippen LogP contribution in [0.2, 0.25) is 0 Å². The van der Waals surface area contributed by atoms with Crippen molar-refractivity contribution < 1.29 is 8.78 Å². The lowest BCUT2D eigenvalue weighted by Gasteiger charge is -2.38. The number of hydrogen-bond acceptors (Lipinski definition) is 6. The van der Waals surface area contributed by atoms with E-state index in [4.69, 9.17) is 0 Å². The molecule has 4 rings (SSSR count). The maximum Gasteiger partial charge on any atom is 0.275 e. The highest BCUT2D eigenvalue weighted by molar-refractivity contribution is 7.20. The lowest BCUT2D eigenvalue weighted by Crippen LogP contribution is -2.47. The topological polar surface area (TPSA) is 53.7 Å². The van der Waals surface area contributed by atoms with Gasteiger partial charge in [-0.05, 0) is 19.4 Å². The van der Waals surface area contributed by atoms with Crippen LogP contribution in [0, 0.1) is 11.6 Å². The van der Waals surface area contributed by atoms with Crippen molar-refractivity contribution in [1.29, 1.82) is 0 Å². The summed E-state index contributed by atoms with van der Waals surface area (Å²) in [7, 11) is 0. The second kappa shape index (κ2) is 7.56. The summed E-state index contributed by atoms with van der Waals surface area (Å²) in [6.45, 7) is 6.75. The average molecular weight is 405 g/mol. The van der Waals surface area contributed by atoms with Gasteiger partial charge in [-0.25, -0.2) is 13.8 Å². The second-order valence-electron chi connectivity index (χ2n) is 6.88. The van der Waals surface area contributed by atoms with Crippen LogP contribution in [0.25, 0.3) is 4.96 Å². The van der Waals surface area contributed by atoms with Crippen molar-refractivity contribution >= 4 is 21.4 Å². The Morgan fingerprint density at radius 2 is 1.93 bits per heavy atom. The molecule has 1 aliphatic rings. The van der Waals surface area contributed by atoms with Gasteiger partial charge < -0.3 is 4.90 Å². The number of hydrogen-bond donors (Lipinski definition) is 0. The number of anilines is 1. The maximum atomic E-state index is 14.1. The minimum Gasteiger partial charge on any atom is -0.344 e. The van der Waals surface area contributed by atoms with Crippen LogP contribution in [0.3, 0.4) is 0 Å². The molecule has 0 aliphatic carbocycles. The summed E-state index contributed by atoms with van der Waals surface area (Å²) in [6.07, 6.45) is 0.704. The highest BCUT2D eigenvalue weighted by atomic mass is 32.1. The fourth-order valence-corrected chi connectivity index (χ4v) is 4.47. The molecule has 3 aromatic rings. The van der Waals surface area contributed by atoms with E-state index in [0.29, 0.717) is 30.0 Å². The van der Waals surface area contributed by atoms with E-state index in [9.17, 15) is 13.6 Å². The monoisotopic (exact) mass is 405 g/mol. The molecule has 0 spiro atoms. The quantitative estimate of drug-likeness (QED) is 0.668. The van der Waals surface area contributed by atoms with Gasteiger partial charge in [0.1, 0.15) is 11.6 Å². The smallest absolute Gasteiger partial charge is 0.275 e. The van der Waals surface area contributed by atoms with Gasteiger partial charge in [-0.3, -0.25) is 9.69 Å². The average Bonchev–Trinajstić information content (AvgIpc) is 3.12. The van der Waals surface area contributed by atoms with Gasteiger partial charge in [-0.1, -0.05) is 24.3 Å². The maximum absolute atomic E-state index is 14.1. The lowest BCUT2D eigenvalue weighted by molar-refractivity contribution is 0.195. The van der Waals surface area contributed by atoms with E-state index < -0.39 is 11.6 Å². The van der Waals surface area contributed by atoms with Gasteiger partial charge in [-0.2, -0.15) is 4.52 Å². The number of nitrogens with zero attached hydrogens (tertiary/aromatic N) is 5. The molecule has 0 radical (unpaired) electrons. The zero-order chi connectivity index (χ0) is 19.8. The Balaban J connectivity index is 1.49. The summed E-state index contributed by atoms with van der Waals surface area (Å²) in [5.74, 6) is -1.08. The third-order valence-corrected chi connectivity index (χ3v) is 6.16. The standard InChI is InChI=1S/C19H21F2N5OS/c1-3-14-11-17(27)26-18(22-14)28-19(23-26)25-8-6-24(7-9-25)12(2)15-5-4-13(20)10-16(15)21/h4-5,10-12H,3,6-9H2,1-2H3. The van der Waals surface area contributed by atoms with E-state index in [1.165, 1.54) is 34.1 Å². The molecule has 1 fully saturated rings. The first-order valence-corrected chi connectivity index (χ1v) is 10.1. The Bertz CT molecular complexity index is 1060. The van der Waals surface area contributed by atoms with Crippen LogP contribution in [-0.4, -0.2) is 45.7 Å². The molecule has 1 atom stereocenters. The third-order valence-electron chi connectivity index (χ3n) is 5.19. The number of aryl methyl sites for hydroxylation is 1. The molecule has 0 N–H and O–H groups in total. The van der Waals surface area contributed by atoms with Crippen LogP contribution in [0.15, 0.2) is 29.1 Å². The van der Waals surface area contributed by atoms with Crippen molar-refractivity contribution in [2.24, 2.45) is 0 Å². The summed E-state index contributed by atoms with van der Waals surface area (Å²) >= 11 is 1.40. The summed E-state index contributed by atoms with van der Waals surface area (Å²) in [5, 5.41) is 5.19. The minimum atomic E-state index is -0.566. The fraction of sp³-hybridized carbons (Fsp3) is 0.421. The SMILES string of the molecule is CCc1cc(=O)n2nc(N3CCN(C(C)c4ccc(F)cc4F)CC3)sc2n1. The molecule has 3 heterocycles. The first-order valence-electron chi connectivity index (χ1n) is 9.30. The van der Waals surface area contributed by atoms with E-state index >= 15 is 0 Å². The first-order chi connectivity index (χ1) is 13.5. The van der Waals surface area contributed by atoms with Gasteiger partial charge in [0.2, 0.25) is 10.1 Å². The third kappa shape index (κ3) is 3.51. The van der Waals surface area contributed by atoms with Crippen molar-refractivity contribution in [3.63, 3.8) is 0 Å². The molecule has 0 saturated carbocycles. The van der Waals surface area contributed by atoms with Crippen LogP contribution < -0.4 is 10.5 Å². The van der Waals surface area contributed by atoms with Crippen molar-refractivity contribution in [2.45, 2.75) is 26.3 Å². The van der Waals surface area contributed by atoms with Crippen molar-refractivity contribution in [2.75, 3.05) is 31.1 Å². The number of rotatable bonds is 4. The molecule has 1 aromatic carbocycles. The van der Waals surface area contributed by atoms with Gasteiger partial charge in [0.15, 0.2) is 0 Å². The van der Waals surface area contributed by atoms with Crippen molar-refractivity contribution in [3.05, 3.63) is 57.5 Å². The highest BCUT2D eigenvalue weighted by Gasteiger charge is 2.26. The Morgan fingerprint density at radius 1 is 1.18 bits per heavy atom. The van der Waals surface area contributed by atoms with Gasteiger partial charge in [0, 0.05) is 55.6 Å². The summed E-state index contributed by atoms with van der Waals surface area (Å²) in [4.78, 5) is 21.6. The Labute approximate surface area is 165 Å². The fourth-order valence-electron chi connectivity index (χ4n) is 3.49. The molecule has 0 bridgehead atoms. The summed E-state index contributed by atoms with van der Waals surface area (Å²) in [5.41, 5.74) is 1.10. The Hall–Kier alpha value is -2.39.